The Labute approximate surface area is 232 Å². The van der Waals surface area contributed by atoms with Crippen LogP contribution in [0.25, 0.3) is 11.3 Å². The minimum Gasteiger partial charge on any atom is -0.381 e. The van der Waals surface area contributed by atoms with Crippen LogP contribution in [-0.4, -0.2) is 66.0 Å². The van der Waals surface area contributed by atoms with Crippen LogP contribution in [0.15, 0.2) is 54.7 Å². The van der Waals surface area contributed by atoms with Crippen LogP contribution in [0.4, 0.5) is 18.0 Å². The van der Waals surface area contributed by atoms with Crippen LogP contribution in [0, 0.1) is 23.5 Å². The van der Waals surface area contributed by atoms with E-state index in [0.29, 0.717) is 51.5 Å². The fourth-order valence-corrected chi connectivity index (χ4v) is 5.74. The second-order valence-corrected chi connectivity index (χ2v) is 10.5. The summed E-state index contributed by atoms with van der Waals surface area (Å²) < 4.78 is 51.5. The summed E-state index contributed by atoms with van der Waals surface area (Å²) in [4.78, 5) is 20.2. The van der Waals surface area contributed by atoms with Crippen molar-refractivity contribution in [3.63, 3.8) is 0 Å². The maximum atomic E-state index is 14.9. The van der Waals surface area contributed by atoms with Crippen molar-refractivity contribution in [1.82, 2.24) is 25.1 Å². The molecule has 2 saturated heterocycles. The van der Waals surface area contributed by atoms with Gasteiger partial charge in [0.2, 0.25) is 0 Å². The molecule has 0 unspecified atom stereocenters. The van der Waals surface area contributed by atoms with Gasteiger partial charge in [0.15, 0.2) is 0 Å². The molecule has 40 heavy (non-hydrogen) atoms. The van der Waals surface area contributed by atoms with E-state index in [1.54, 1.807) is 11.1 Å². The number of imidazole rings is 1. The molecular formula is C30H36F3N5O2. The van der Waals surface area contributed by atoms with E-state index in [4.69, 9.17) is 9.72 Å². The number of carbonyl (C=O) groups excluding carboxylic acids is 1. The lowest BCUT2D eigenvalue weighted by Gasteiger charge is -2.39. The van der Waals surface area contributed by atoms with Gasteiger partial charge in [0.25, 0.3) is 0 Å². The Bertz CT molecular complexity index is 1280. The highest BCUT2D eigenvalue weighted by Gasteiger charge is 2.40. The number of nitrogens with zero attached hydrogens (tertiary/aromatic N) is 3. The van der Waals surface area contributed by atoms with Gasteiger partial charge in [-0.15, -0.1) is 0 Å². The number of benzene rings is 2. The largest absolute Gasteiger partial charge is 0.381 e. The standard InChI is InChI=1S/C30H36F3N5O2/c1-2-35-30(39)38(18-22-15-34-16-26(22)33)28(21-10-12-40-13-11-21)29-36-27(24-14-23(31)8-9-25(24)32)19-37(29)17-20-6-4-3-5-7-20/h3-9,14,19,21-22,26,28,34H,2,10-13,15-18H2,1H3,(H,35,39)/t22-,26-,28+/m0/s1. The molecule has 0 aliphatic carbocycles. The number of urea groups is 1. The number of carbonyl (C=O) groups is 1. The Kier molecular flexibility index (Phi) is 9.06. The van der Waals surface area contributed by atoms with Crippen LogP contribution < -0.4 is 10.6 Å². The molecule has 10 heteroatoms. The average Bonchev–Trinajstić information content (AvgIpc) is 3.56. The predicted molar refractivity (Wildman–Crippen MR) is 146 cm³/mol. The van der Waals surface area contributed by atoms with Crippen LogP contribution in [0.1, 0.15) is 37.2 Å². The van der Waals surface area contributed by atoms with Crippen molar-refractivity contribution in [2.75, 3.05) is 39.4 Å². The number of halogens is 3. The van der Waals surface area contributed by atoms with Crippen molar-refractivity contribution in [2.24, 2.45) is 11.8 Å². The van der Waals surface area contributed by atoms with E-state index < -0.39 is 23.8 Å². The molecule has 0 bridgehead atoms. The Morgan fingerprint density at radius 2 is 1.95 bits per heavy atom. The summed E-state index contributed by atoms with van der Waals surface area (Å²) in [5.41, 5.74) is 1.32. The van der Waals surface area contributed by atoms with Crippen molar-refractivity contribution in [3.05, 3.63) is 77.8 Å². The summed E-state index contributed by atoms with van der Waals surface area (Å²) in [6, 6.07) is 12.2. The Morgan fingerprint density at radius 3 is 2.65 bits per heavy atom. The average molecular weight is 556 g/mol. The van der Waals surface area contributed by atoms with Crippen molar-refractivity contribution in [3.8, 4) is 11.3 Å². The lowest BCUT2D eigenvalue weighted by atomic mass is 9.89. The van der Waals surface area contributed by atoms with Gasteiger partial charge in [-0.3, -0.25) is 0 Å². The smallest absolute Gasteiger partial charge is 0.318 e. The molecule has 3 atom stereocenters. The highest BCUT2D eigenvalue weighted by atomic mass is 19.1. The molecule has 1 aromatic heterocycles. The number of nitrogens with one attached hydrogen (secondary N) is 2. The van der Waals surface area contributed by atoms with Crippen LogP contribution in [0.5, 0.6) is 0 Å². The quantitative estimate of drug-likeness (QED) is 0.393. The molecule has 0 spiro atoms. The third-order valence-corrected chi connectivity index (χ3v) is 7.80. The van der Waals surface area contributed by atoms with Crippen LogP contribution >= 0.6 is 0 Å². The molecule has 0 radical (unpaired) electrons. The monoisotopic (exact) mass is 555 g/mol. The fourth-order valence-electron chi connectivity index (χ4n) is 5.74. The van der Waals surface area contributed by atoms with Gasteiger partial charge in [-0.1, -0.05) is 30.3 Å². The summed E-state index contributed by atoms with van der Waals surface area (Å²) in [5, 5.41) is 6.00. The highest BCUT2D eigenvalue weighted by molar-refractivity contribution is 5.74. The number of ether oxygens (including phenoxy) is 1. The normalized spacial score (nSPS) is 20.4. The van der Waals surface area contributed by atoms with E-state index in [2.05, 4.69) is 10.6 Å². The van der Waals surface area contributed by atoms with E-state index in [1.165, 1.54) is 0 Å². The van der Waals surface area contributed by atoms with Crippen molar-refractivity contribution < 1.29 is 22.7 Å². The fraction of sp³-hybridized carbons (Fsp3) is 0.467. The van der Waals surface area contributed by atoms with E-state index >= 15 is 0 Å². The third kappa shape index (κ3) is 6.33. The molecule has 214 valence electrons. The van der Waals surface area contributed by atoms with Gasteiger partial charge < -0.3 is 24.8 Å². The molecule has 2 aliphatic heterocycles. The summed E-state index contributed by atoms with van der Waals surface area (Å²) >= 11 is 0. The Morgan fingerprint density at radius 1 is 1.18 bits per heavy atom. The van der Waals surface area contributed by atoms with Gasteiger partial charge in [-0.2, -0.15) is 0 Å². The topological polar surface area (TPSA) is 71.4 Å². The van der Waals surface area contributed by atoms with Crippen LogP contribution in [0.2, 0.25) is 0 Å². The number of rotatable bonds is 9. The molecular weight excluding hydrogens is 519 g/mol. The first-order valence-corrected chi connectivity index (χ1v) is 14.0. The number of hydrogen-bond acceptors (Lipinski definition) is 4. The molecule has 2 aromatic carbocycles. The third-order valence-electron chi connectivity index (χ3n) is 7.80. The first kappa shape index (κ1) is 28.2. The van der Waals surface area contributed by atoms with Gasteiger partial charge in [0.1, 0.15) is 23.6 Å². The summed E-state index contributed by atoms with van der Waals surface area (Å²) in [6.07, 6.45) is 2.01. The molecule has 2 fully saturated rings. The highest BCUT2D eigenvalue weighted by Crippen LogP contribution is 2.38. The van der Waals surface area contributed by atoms with E-state index in [9.17, 15) is 18.0 Å². The number of alkyl halides is 1. The molecule has 0 saturated carbocycles. The number of aromatic nitrogens is 2. The lowest BCUT2D eigenvalue weighted by Crippen LogP contribution is -2.49. The zero-order chi connectivity index (χ0) is 28.1. The molecule has 3 aromatic rings. The zero-order valence-corrected chi connectivity index (χ0v) is 22.7. The SMILES string of the molecule is CCNC(=O)N(C[C@@H]1CNC[C@@H]1F)[C@@H](c1nc(-c2cc(F)ccc2F)cn1Cc1ccccc1)C1CCOCC1. The number of hydrogen-bond donors (Lipinski definition) is 2. The maximum Gasteiger partial charge on any atom is 0.318 e. The van der Waals surface area contributed by atoms with E-state index in [-0.39, 0.29) is 42.2 Å². The second-order valence-electron chi connectivity index (χ2n) is 10.5. The molecule has 3 heterocycles. The molecule has 7 nitrogen and oxygen atoms in total. The minimum absolute atomic E-state index is 0.0223. The molecule has 2 aliphatic rings. The Balaban J connectivity index is 1.64. The summed E-state index contributed by atoms with van der Waals surface area (Å²) in [7, 11) is 0. The predicted octanol–water partition coefficient (Wildman–Crippen LogP) is 4.93. The van der Waals surface area contributed by atoms with E-state index in [0.717, 1.165) is 23.8 Å². The van der Waals surface area contributed by atoms with E-state index in [1.807, 2.05) is 41.8 Å². The van der Waals surface area contributed by atoms with Crippen molar-refractivity contribution >= 4 is 6.03 Å². The molecule has 2 N–H and O–H groups in total. The first-order chi connectivity index (χ1) is 19.4. The van der Waals surface area contributed by atoms with Crippen LogP contribution in [0.3, 0.4) is 0 Å². The molecule has 5 rings (SSSR count). The van der Waals surface area contributed by atoms with Crippen molar-refractivity contribution in [1.29, 1.82) is 0 Å². The number of amides is 2. The maximum absolute atomic E-state index is 14.9. The van der Waals surface area contributed by atoms with Crippen molar-refractivity contribution in [2.45, 2.75) is 38.5 Å². The van der Waals surface area contributed by atoms with Crippen LogP contribution in [-0.2, 0) is 11.3 Å². The Hall–Kier alpha value is -3.37. The van der Waals surface area contributed by atoms with Gasteiger partial charge in [-0.25, -0.2) is 22.9 Å². The zero-order valence-electron chi connectivity index (χ0n) is 22.7. The summed E-state index contributed by atoms with van der Waals surface area (Å²) in [5.74, 6) is -0.989. The van der Waals surface area contributed by atoms with Gasteiger partial charge in [-0.05, 0) is 49.4 Å². The molecule has 2 amide bonds. The van der Waals surface area contributed by atoms with Gasteiger partial charge in [0.05, 0.1) is 11.7 Å². The van der Waals surface area contributed by atoms with Gasteiger partial charge >= 0.3 is 6.03 Å². The minimum atomic E-state index is -1.08. The van der Waals surface area contributed by atoms with Gasteiger partial charge in [0, 0.05) is 63.6 Å². The first-order valence-electron chi connectivity index (χ1n) is 14.0. The second kappa shape index (κ2) is 12.9. The summed E-state index contributed by atoms with van der Waals surface area (Å²) in [6.45, 7) is 4.66. The lowest BCUT2D eigenvalue weighted by molar-refractivity contribution is 0.0259.